The molecule has 0 aliphatic heterocycles. The number of nitrogens with zero attached hydrogens (tertiary/aromatic N) is 1. The molecule has 1 heterocycles. The molecular formula is C16H22N2OS. The number of aliphatic hydroxyl groups excluding tert-OH is 1. The van der Waals surface area contributed by atoms with E-state index in [4.69, 9.17) is 0 Å². The Morgan fingerprint density at radius 3 is 2.75 bits per heavy atom. The van der Waals surface area contributed by atoms with Gasteiger partial charge in [-0.3, -0.25) is 0 Å². The predicted molar refractivity (Wildman–Crippen MR) is 84.9 cm³/mol. The first kappa shape index (κ1) is 15.2. The minimum atomic E-state index is -0.254. The topological polar surface area (TPSA) is 45.1 Å². The van der Waals surface area contributed by atoms with Gasteiger partial charge in [-0.05, 0) is 13.3 Å². The van der Waals surface area contributed by atoms with Gasteiger partial charge in [0.2, 0.25) is 0 Å². The van der Waals surface area contributed by atoms with Crippen molar-refractivity contribution in [2.75, 3.05) is 6.54 Å². The van der Waals surface area contributed by atoms with Crippen LogP contribution in [-0.4, -0.2) is 22.7 Å². The summed E-state index contributed by atoms with van der Waals surface area (Å²) >= 11 is 1.66. The van der Waals surface area contributed by atoms with E-state index in [9.17, 15) is 5.11 Å². The molecule has 1 unspecified atom stereocenters. The highest BCUT2D eigenvalue weighted by atomic mass is 32.1. The number of thiazole rings is 1. The molecule has 108 valence electrons. The van der Waals surface area contributed by atoms with E-state index < -0.39 is 0 Å². The van der Waals surface area contributed by atoms with Gasteiger partial charge in [0.1, 0.15) is 5.01 Å². The average molecular weight is 290 g/mol. The van der Waals surface area contributed by atoms with E-state index in [1.54, 1.807) is 11.3 Å². The van der Waals surface area contributed by atoms with Crippen LogP contribution in [0.2, 0.25) is 0 Å². The molecule has 1 aromatic heterocycles. The maximum Gasteiger partial charge on any atom is 0.123 e. The maximum atomic E-state index is 9.66. The maximum absolute atomic E-state index is 9.66. The molecule has 0 bridgehead atoms. The number of benzene rings is 1. The fourth-order valence-electron chi connectivity index (χ4n) is 2.02. The molecule has 0 spiro atoms. The number of rotatable bonds is 7. The van der Waals surface area contributed by atoms with Gasteiger partial charge in [0, 0.05) is 24.0 Å². The van der Waals surface area contributed by atoms with Gasteiger partial charge >= 0.3 is 0 Å². The molecule has 1 aromatic carbocycles. The molecule has 0 saturated heterocycles. The molecule has 0 saturated carbocycles. The lowest BCUT2D eigenvalue weighted by molar-refractivity contribution is 0.160. The van der Waals surface area contributed by atoms with Gasteiger partial charge in [-0.25, -0.2) is 4.98 Å². The molecule has 0 amide bonds. The molecule has 0 aliphatic carbocycles. The predicted octanol–water partition coefficient (Wildman–Crippen LogP) is 3.37. The molecule has 1 atom stereocenters. The van der Waals surface area contributed by atoms with Crippen LogP contribution in [0.5, 0.6) is 0 Å². The molecule has 0 aliphatic rings. The van der Waals surface area contributed by atoms with E-state index >= 15 is 0 Å². The Kier molecular flexibility index (Phi) is 5.71. The third kappa shape index (κ3) is 4.40. The van der Waals surface area contributed by atoms with Crippen LogP contribution < -0.4 is 5.32 Å². The highest BCUT2D eigenvalue weighted by Gasteiger charge is 2.06. The smallest absolute Gasteiger partial charge is 0.123 e. The molecule has 2 rings (SSSR count). The molecular weight excluding hydrogens is 268 g/mol. The third-order valence-electron chi connectivity index (χ3n) is 3.16. The highest BCUT2D eigenvalue weighted by Crippen LogP contribution is 2.23. The van der Waals surface area contributed by atoms with Gasteiger partial charge in [0.25, 0.3) is 0 Å². The molecule has 0 radical (unpaired) electrons. The first-order valence-electron chi connectivity index (χ1n) is 7.09. The number of hydrogen-bond acceptors (Lipinski definition) is 4. The van der Waals surface area contributed by atoms with Crippen molar-refractivity contribution in [1.29, 1.82) is 0 Å². The number of nitrogens with one attached hydrogen (secondary N) is 1. The molecule has 3 nitrogen and oxygen atoms in total. The van der Waals surface area contributed by atoms with E-state index in [1.807, 2.05) is 0 Å². The summed E-state index contributed by atoms with van der Waals surface area (Å²) in [5, 5.41) is 16.0. The highest BCUT2D eigenvalue weighted by molar-refractivity contribution is 7.13. The number of aromatic nitrogens is 1. The lowest BCUT2D eigenvalue weighted by atomic mass is 10.2. The van der Waals surface area contributed by atoms with Crippen LogP contribution in [0, 0.1) is 6.92 Å². The standard InChI is InChI=1S/C16H22N2OS/c1-3-4-15(19)10-17-9-14-11-20-16(18-14)13-7-5-12(2)6-8-13/h5-8,11,15,17,19H,3-4,9-10H2,1-2H3. The summed E-state index contributed by atoms with van der Waals surface area (Å²) in [6.45, 7) is 5.51. The summed E-state index contributed by atoms with van der Waals surface area (Å²) in [5.41, 5.74) is 3.46. The minimum absolute atomic E-state index is 0.254. The van der Waals surface area contributed by atoms with E-state index in [2.05, 4.69) is 53.8 Å². The fraction of sp³-hybridized carbons (Fsp3) is 0.438. The van der Waals surface area contributed by atoms with Crippen molar-refractivity contribution in [3.8, 4) is 10.6 Å². The SMILES string of the molecule is CCCC(O)CNCc1csc(-c2ccc(C)cc2)n1. The Hall–Kier alpha value is -1.23. The second-order valence-electron chi connectivity index (χ2n) is 5.08. The number of aryl methyl sites for hydroxylation is 1. The zero-order chi connectivity index (χ0) is 14.4. The average Bonchev–Trinajstić information content (AvgIpc) is 2.89. The lowest BCUT2D eigenvalue weighted by Crippen LogP contribution is -2.26. The summed E-state index contributed by atoms with van der Waals surface area (Å²) in [7, 11) is 0. The fourth-order valence-corrected chi connectivity index (χ4v) is 2.84. The molecule has 2 aromatic rings. The normalized spacial score (nSPS) is 12.6. The van der Waals surface area contributed by atoms with Crippen LogP contribution >= 0.6 is 11.3 Å². The Balaban J connectivity index is 1.87. The van der Waals surface area contributed by atoms with E-state index in [0.29, 0.717) is 13.1 Å². The van der Waals surface area contributed by atoms with Gasteiger partial charge in [0.15, 0.2) is 0 Å². The quantitative estimate of drug-likeness (QED) is 0.822. The van der Waals surface area contributed by atoms with E-state index in [1.165, 1.54) is 5.56 Å². The van der Waals surface area contributed by atoms with Crippen molar-refractivity contribution in [2.24, 2.45) is 0 Å². The van der Waals surface area contributed by atoms with Crippen molar-refractivity contribution in [3.05, 3.63) is 40.9 Å². The minimum Gasteiger partial charge on any atom is -0.392 e. The Labute approximate surface area is 124 Å². The first-order valence-corrected chi connectivity index (χ1v) is 7.97. The first-order chi connectivity index (χ1) is 9.69. The summed E-state index contributed by atoms with van der Waals surface area (Å²) in [4.78, 5) is 4.63. The van der Waals surface area contributed by atoms with Crippen LogP contribution in [0.4, 0.5) is 0 Å². The van der Waals surface area contributed by atoms with Crippen LogP contribution in [0.25, 0.3) is 10.6 Å². The molecule has 0 fully saturated rings. The van der Waals surface area contributed by atoms with Crippen molar-refractivity contribution < 1.29 is 5.11 Å². The zero-order valence-electron chi connectivity index (χ0n) is 12.1. The Bertz CT molecular complexity index is 522. The van der Waals surface area contributed by atoms with E-state index in [-0.39, 0.29) is 6.10 Å². The van der Waals surface area contributed by atoms with Gasteiger partial charge < -0.3 is 10.4 Å². The Morgan fingerprint density at radius 2 is 2.05 bits per heavy atom. The van der Waals surface area contributed by atoms with Gasteiger partial charge in [-0.1, -0.05) is 43.2 Å². The van der Waals surface area contributed by atoms with Gasteiger partial charge in [-0.15, -0.1) is 11.3 Å². The monoisotopic (exact) mass is 290 g/mol. The molecule has 4 heteroatoms. The van der Waals surface area contributed by atoms with Crippen molar-refractivity contribution in [1.82, 2.24) is 10.3 Å². The van der Waals surface area contributed by atoms with Crippen LogP contribution in [0.3, 0.4) is 0 Å². The zero-order valence-corrected chi connectivity index (χ0v) is 12.9. The molecule has 20 heavy (non-hydrogen) atoms. The summed E-state index contributed by atoms with van der Waals surface area (Å²) < 4.78 is 0. The molecule has 2 N–H and O–H groups in total. The van der Waals surface area contributed by atoms with E-state index in [0.717, 1.165) is 29.1 Å². The second-order valence-corrected chi connectivity index (χ2v) is 5.94. The van der Waals surface area contributed by atoms with Gasteiger partial charge in [-0.2, -0.15) is 0 Å². The Morgan fingerprint density at radius 1 is 1.30 bits per heavy atom. The summed E-state index contributed by atoms with van der Waals surface area (Å²) in [6.07, 6.45) is 1.60. The van der Waals surface area contributed by atoms with Gasteiger partial charge in [0.05, 0.1) is 11.8 Å². The van der Waals surface area contributed by atoms with Crippen molar-refractivity contribution in [3.63, 3.8) is 0 Å². The van der Waals surface area contributed by atoms with Crippen LogP contribution in [-0.2, 0) is 6.54 Å². The third-order valence-corrected chi connectivity index (χ3v) is 4.10. The van der Waals surface area contributed by atoms with Crippen LogP contribution in [0.1, 0.15) is 31.0 Å². The second kappa shape index (κ2) is 7.53. The lowest BCUT2D eigenvalue weighted by Gasteiger charge is -2.09. The van der Waals surface area contributed by atoms with Crippen molar-refractivity contribution >= 4 is 11.3 Å². The summed E-state index contributed by atoms with van der Waals surface area (Å²) in [5.74, 6) is 0. The van der Waals surface area contributed by atoms with Crippen molar-refractivity contribution in [2.45, 2.75) is 39.3 Å². The number of aliphatic hydroxyl groups is 1. The van der Waals surface area contributed by atoms with Crippen LogP contribution in [0.15, 0.2) is 29.6 Å². The number of hydrogen-bond donors (Lipinski definition) is 2. The summed E-state index contributed by atoms with van der Waals surface area (Å²) in [6, 6.07) is 8.43. The largest absolute Gasteiger partial charge is 0.392 e.